The Hall–Kier alpha value is -2.33. The zero-order valence-electron chi connectivity index (χ0n) is 17.7. The minimum atomic E-state index is -3.60. The lowest BCUT2D eigenvalue weighted by Gasteiger charge is -2.30. The fourth-order valence-corrected chi connectivity index (χ4v) is 6.19. The Morgan fingerprint density at radius 1 is 1.12 bits per heavy atom. The number of benzene rings is 2. The van der Waals surface area contributed by atoms with Gasteiger partial charge in [0.05, 0.1) is 4.90 Å². The molecule has 168 valence electrons. The number of rotatable bonds is 5. The van der Waals surface area contributed by atoms with E-state index in [0.717, 1.165) is 24.0 Å². The van der Waals surface area contributed by atoms with Crippen LogP contribution in [0.3, 0.4) is 0 Å². The molecule has 1 atom stereocenters. The highest BCUT2D eigenvalue weighted by Gasteiger charge is 2.33. The van der Waals surface area contributed by atoms with Gasteiger partial charge in [-0.05, 0) is 74.2 Å². The first-order chi connectivity index (χ1) is 15.2. The molecule has 1 aliphatic heterocycles. The van der Waals surface area contributed by atoms with Gasteiger partial charge in [-0.15, -0.1) is 10.2 Å². The van der Waals surface area contributed by atoms with Crippen LogP contribution in [0.25, 0.3) is 0 Å². The number of carbonyl (C=O) groups excluding carboxylic acids is 1. The number of nitrogens with one attached hydrogen (secondary N) is 1. The molecule has 3 aromatic rings. The van der Waals surface area contributed by atoms with Crippen molar-refractivity contribution in [1.29, 1.82) is 0 Å². The summed E-state index contributed by atoms with van der Waals surface area (Å²) in [6, 6.07) is 12.0. The van der Waals surface area contributed by atoms with Gasteiger partial charge in [0.2, 0.25) is 15.0 Å². The van der Waals surface area contributed by atoms with Gasteiger partial charge >= 0.3 is 0 Å². The molecule has 1 amide bonds. The van der Waals surface area contributed by atoms with Crippen molar-refractivity contribution in [2.45, 2.75) is 37.5 Å². The summed E-state index contributed by atoms with van der Waals surface area (Å²) in [5, 5.41) is 12.5. The van der Waals surface area contributed by atoms with Crippen molar-refractivity contribution in [1.82, 2.24) is 14.5 Å². The maximum absolute atomic E-state index is 13.2. The molecule has 1 aliphatic rings. The van der Waals surface area contributed by atoms with E-state index in [0.29, 0.717) is 33.7 Å². The molecular formula is C22H23ClN4O3S2. The SMILES string of the molecule is Cc1ccc(S(=O)(=O)N2CCC[C@H](c3nnc(C(=O)Nc4ccc(Cl)cc4)s3)C2)cc1C. The number of sulfonamides is 1. The molecule has 0 radical (unpaired) electrons. The van der Waals surface area contributed by atoms with Crippen LogP contribution < -0.4 is 5.32 Å². The number of carbonyl (C=O) groups is 1. The molecule has 2 heterocycles. The predicted molar refractivity (Wildman–Crippen MR) is 126 cm³/mol. The maximum Gasteiger partial charge on any atom is 0.286 e. The first-order valence-electron chi connectivity index (χ1n) is 10.2. The van der Waals surface area contributed by atoms with Gasteiger partial charge < -0.3 is 5.32 Å². The van der Waals surface area contributed by atoms with E-state index < -0.39 is 10.0 Å². The molecule has 7 nitrogen and oxygen atoms in total. The number of piperidine rings is 1. The number of amides is 1. The fraction of sp³-hybridized carbons (Fsp3) is 0.318. The van der Waals surface area contributed by atoms with E-state index in [1.807, 2.05) is 19.9 Å². The monoisotopic (exact) mass is 490 g/mol. The van der Waals surface area contributed by atoms with E-state index >= 15 is 0 Å². The van der Waals surface area contributed by atoms with Crippen molar-refractivity contribution in [2.24, 2.45) is 0 Å². The van der Waals surface area contributed by atoms with Crippen LogP contribution in [0.5, 0.6) is 0 Å². The lowest BCUT2D eigenvalue weighted by atomic mass is 10.0. The molecule has 1 N–H and O–H groups in total. The highest BCUT2D eigenvalue weighted by Crippen LogP contribution is 2.32. The van der Waals surface area contributed by atoms with Crippen LogP contribution in [0.15, 0.2) is 47.4 Å². The second kappa shape index (κ2) is 9.27. The maximum atomic E-state index is 13.2. The van der Waals surface area contributed by atoms with Gasteiger partial charge in [0.15, 0.2) is 0 Å². The number of aryl methyl sites for hydroxylation is 2. The summed E-state index contributed by atoms with van der Waals surface area (Å²) in [5.41, 5.74) is 2.61. The van der Waals surface area contributed by atoms with Gasteiger partial charge in [-0.2, -0.15) is 4.31 Å². The topological polar surface area (TPSA) is 92.3 Å². The Morgan fingerprint density at radius 2 is 1.88 bits per heavy atom. The summed E-state index contributed by atoms with van der Waals surface area (Å²) >= 11 is 7.07. The van der Waals surface area contributed by atoms with Gasteiger partial charge in [-0.25, -0.2) is 8.42 Å². The molecule has 32 heavy (non-hydrogen) atoms. The highest BCUT2D eigenvalue weighted by molar-refractivity contribution is 7.89. The smallest absolute Gasteiger partial charge is 0.286 e. The Kier molecular flexibility index (Phi) is 6.62. The molecule has 4 rings (SSSR count). The molecule has 0 unspecified atom stereocenters. The first kappa shape index (κ1) is 22.8. The zero-order valence-corrected chi connectivity index (χ0v) is 20.1. The quantitative estimate of drug-likeness (QED) is 0.563. The van der Waals surface area contributed by atoms with Crippen LogP contribution in [-0.4, -0.2) is 41.9 Å². The van der Waals surface area contributed by atoms with Crippen LogP contribution in [0.4, 0.5) is 5.69 Å². The summed E-state index contributed by atoms with van der Waals surface area (Å²) in [6.07, 6.45) is 1.52. The standard InChI is InChI=1S/C22H23ClN4O3S2/c1-14-5-10-19(12-15(14)2)32(29,30)27-11-3-4-16(13-27)21-25-26-22(31-21)20(28)24-18-8-6-17(23)7-9-18/h5-10,12,16H,3-4,11,13H2,1-2H3,(H,24,28)/t16-/m0/s1. The normalized spacial score (nSPS) is 17.3. The Morgan fingerprint density at radius 3 is 2.59 bits per heavy atom. The van der Waals surface area contributed by atoms with E-state index in [-0.39, 0.29) is 16.8 Å². The summed E-state index contributed by atoms with van der Waals surface area (Å²) < 4.78 is 27.9. The summed E-state index contributed by atoms with van der Waals surface area (Å²) in [4.78, 5) is 12.8. The minimum Gasteiger partial charge on any atom is -0.320 e. The third-order valence-corrected chi connectivity index (χ3v) is 8.78. The van der Waals surface area contributed by atoms with E-state index in [4.69, 9.17) is 11.6 Å². The van der Waals surface area contributed by atoms with Crippen LogP contribution in [-0.2, 0) is 10.0 Å². The molecule has 2 aromatic carbocycles. The van der Waals surface area contributed by atoms with Crippen molar-refractivity contribution in [2.75, 3.05) is 18.4 Å². The van der Waals surface area contributed by atoms with Crippen molar-refractivity contribution in [3.63, 3.8) is 0 Å². The van der Waals surface area contributed by atoms with Gasteiger partial charge in [0.25, 0.3) is 5.91 Å². The highest BCUT2D eigenvalue weighted by atomic mass is 35.5. The Labute approximate surface area is 196 Å². The van der Waals surface area contributed by atoms with Crippen LogP contribution >= 0.6 is 22.9 Å². The van der Waals surface area contributed by atoms with Gasteiger partial charge in [-0.3, -0.25) is 4.79 Å². The molecule has 0 saturated carbocycles. The van der Waals surface area contributed by atoms with E-state index in [1.165, 1.54) is 15.6 Å². The molecule has 0 bridgehead atoms. The Balaban J connectivity index is 1.48. The predicted octanol–water partition coefficient (Wildman–Crippen LogP) is 4.63. The third-order valence-electron chi connectivity index (χ3n) is 5.59. The summed E-state index contributed by atoms with van der Waals surface area (Å²) in [5.74, 6) is -0.453. The summed E-state index contributed by atoms with van der Waals surface area (Å²) in [7, 11) is -3.60. The molecule has 1 fully saturated rings. The number of aromatic nitrogens is 2. The third kappa shape index (κ3) is 4.85. The van der Waals surface area contributed by atoms with Gasteiger partial charge in [0.1, 0.15) is 5.01 Å². The first-order valence-corrected chi connectivity index (χ1v) is 12.9. The second-order valence-corrected chi connectivity index (χ2v) is 11.2. The van der Waals surface area contributed by atoms with E-state index in [2.05, 4.69) is 15.5 Å². The number of anilines is 1. The largest absolute Gasteiger partial charge is 0.320 e. The lowest BCUT2D eigenvalue weighted by Crippen LogP contribution is -2.39. The second-order valence-electron chi connectivity index (χ2n) is 7.85. The van der Waals surface area contributed by atoms with Gasteiger partial charge in [0, 0.05) is 29.7 Å². The van der Waals surface area contributed by atoms with Crippen LogP contribution in [0.2, 0.25) is 5.02 Å². The average Bonchev–Trinajstić information content (AvgIpc) is 3.28. The number of hydrogen-bond donors (Lipinski definition) is 1. The number of halogens is 1. The molecule has 1 saturated heterocycles. The van der Waals surface area contributed by atoms with Crippen molar-refractivity contribution in [3.05, 3.63) is 68.6 Å². The van der Waals surface area contributed by atoms with Crippen LogP contribution in [0, 0.1) is 13.8 Å². The molecule has 1 aromatic heterocycles. The fourth-order valence-electron chi connectivity index (χ4n) is 3.59. The van der Waals surface area contributed by atoms with Gasteiger partial charge in [-0.1, -0.05) is 29.0 Å². The van der Waals surface area contributed by atoms with E-state index in [1.54, 1.807) is 36.4 Å². The van der Waals surface area contributed by atoms with Crippen molar-refractivity contribution >= 4 is 44.6 Å². The minimum absolute atomic E-state index is 0.0975. The number of hydrogen-bond acceptors (Lipinski definition) is 6. The number of nitrogens with zero attached hydrogens (tertiary/aromatic N) is 3. The molecule has 0 aliphatic carbocycles. The average molecular weight is 491 g/mol. The molecule has 0 spiro atoms. The Bertz CT molecular complexity index is 1240. The molecular weight excluding hydrogens is 468 g/mol. The summed E-state index contributed by atoms with van der Waals surface area (Å²) in [6.45, 7) is 4.65. The zero-order chi connectivity index (χ0) is 22.9. The van der Waals surface area contributed by atoms with Crippen molar-refractivity contribution < 1.29 is 13.2 Å². The molecule has 10 heteroatoms. The van der Waals surface area contributed by atoms with Crippen LogP contribution in [0.1, 0.15) is 44.7 Å². The lowest BCUT2D eigenvalue weighted by molar-refractivity contribution is 0.102. The van der Waals surface area contributed by atoms with Crippen molar-refractivity contribution in [3.8, 4) is 0 Å². The van der Waals surface area contributed by atoms with E-state index in [9.17, 15) is 13.2 Å².